The molecule has 0 amide bonds. The van der Waals surface area contributed by atoms with Crippen LogP contribution in [-0.4, -0.2) is 5.78 Å². The molecule has 0 aliphatic carbocycles. The highest BCUT2D eigenvalue weighted by molar-refractivity contribution is 5.89. The van der Waals surface area contributed by atoms with Crippen molar-refractivity contribution in [2.75, 3.05) is 0 Å². The van der Waals surface area contributed by atoms with Crippen molar-refractivity contribution in [2.24, 2.45) is 5.92 Å². The summed E-state index contributed by atoms with van der Waals surface area (Å²) >= 11 is 0. The first-order valence-electron chi connectivity index (χ1n) is 4.00. The molecule has 0 spiro atoms. The molecular weight excluding hydrogens is 136 g/mol. The van der Waals surface area contributed by atoms with Gasteiger partial charge in [-0.05, 0) is 18.4 Å². The van der Waals surface area contributed by atoms with Crippen LogP contribution in [0.25, 0.3) is 0 Å². The normalized spacial score (nSPS) is 12.1. The molecule has 0 fully saturated rings. The summed E-state index contributed by atoms with van der Waals surface area (Å²) in [4.78, 5) is 10.9. The molecule has 0 rings (SSSR count). The molecule has 0 saturated carbocycles. The van der Waals surface area contributed by atoms with Crippen molar-refractivity contribution in [1.82, 2.24) is 0 Å². The van der Waals surface area contributed by atoms with Gasteiger partial charge in [0.05, 0.1) is 0 Å². The number of carbonyl (C=O) groups excluding carboxylic acids is 1. The largest absolute Gasteiger partial charge is 0.295 e. The second-order valence-corrected chi connectivity index (χ2v) is 2.67. The zero-order chi connectivity index (χ0) is 8.69. The zero-order valence-electron chi connectivity index (χ0n) is 7.18. The van der Waals surface area contributed by atoms with Gasteiger partial charge in [0.2, 0.25) is 0 Å². The summed E-state index contributed by atoms with van der Waals surface area (Å²) in [5.74, 6) is 0.594. The smallest absolute Gasteiger partial charge is 0.155 e. The third-order valence-corrected chi connectivity index (χ3v) is 1.79. The summed E-state index contributed by atoms with van der Waals surface area (Å²) in [7, 11) is 0. The Morgan fingerprint density at radius 1 is 1.55 bits per heavy atom. The van der Waals surface area contributed by atoms with Gasteiger partial charge in [-0.25, -0.2) is 0 Å². The van der Waals surface area contributed by atoms with E-state index in [1.165, 1.54) is 6.08 Å². The lowest BCUT2D eigenvalue weighted by Gasteiger charge is -2.08. The van der Waals surface area contributed by atoms with Gasteiger partial charge in [0, 0.05) is 6.42 Å². The first kappa shape index (κ1) is 10.2. The van der Waals surface area contributed by atoms with Crippen LogP contribution in [0.1, 0.15) is 26.2 Å². The fourth-order valence-corrected chi connectivity index (χ4v) is 0.998. The van der Waals surface area contributed by atoms with Crippen LogP contribution >= 0.6 is 0 Å². The van der Waals surface area contributed by atoms with Crippen molar-refractivity contribution < 1.29 is 4.79 Å². The minimum absolute atomic E-state index is 0.138. The Bertz CT molecular complexity index is 147. The maximum atomic E-state index is 10.9. The predicted octanol–water partition coefficient (Wildman–Crippen LogP) is 2.73. The first-order chi connectivity index (χ1) is 5.24. The van der Waals surface area contributed by atoms with Crippen molar-refractivity contribution in [3.8, 4) is 0 Å². The zero-order valence-corrected chi connectivity index (χ0v) is 7.18. The Morgan fingerprint density at radius 2 is 2.18 bits per heavy atom. The molecule has 1 nitrogen and oxygen atoms in total. The monoisotopic (exact) mass is 152 g/mol. The average Bonchev–Trinajstić information content (AvgIpc) is 2.03. The maximum Gasteiger partial charge on any atom is 0.155 e. The molecule has 62 valence electrons. The van der Waals surface area contributed by atoms with E-state index in [1.807, 2.05) is 6.08 Å². The minimum Gasteiger partial charge on any atom is -0.295 e. The highest BCUT2D eigenvalue weighted by atomic mass is 16.1. The molecule has 0 N–H and O–H groups in total. The Labute approximate surface area is 68.8 Å². The topological polar surface area (TPSA) is 17.1 Å². The molecule has 1 unspecified atom stereocenters. The van der Waals surface area contributed by atoms with Crippen molar-refractivity contribution in [1.29, 1.82) is 0 Å². The molecule has 0 heterocycles. The van der Waals surface area contributed by atoms with E-state index >= 15 is 0 Å². The van der Waals surface area contributed by atoms with E-state index < -0.39 is 0 Å². The van der Waals surface area contributed by atoms with Gasteiger partial charge in [-0.2, -0.15) is 0 Å². The van der Waals surface area contributed by atoms with Gasteiger partial charge in [0.25, 0.3) is 0 Å². The molecule has 0 aromatic rings. The summed E-state index contributed by atoms with van der Waals surface area (Å²) in [5, 5.41) is 0. The maximum absolute atomic E-state index is 10.9. The van der Waals surface area contributed by atoms with Crippen molar-refractivity contribution >= 4 is 5.78 Å². The van der Waals surface area contributed by atoms with Crippen molar-refractivity contribution in [2.45, 2.75) is 26.2 Å². The lowest BCUT2D eigenvalue weighted by molar-refractivity contribution is -0.115. The molecule has 0 aromatic carbocycles. The van der Waals surface area contributed by atoms with E-state index in [1.54, 1.807) is 0 Å². The van der Waals surface area contributed by atoms with Crippen molar-refractivity contribution in [3.63, 3.8) is 0 Å². The second kappa shape index (κ2) is 5.90. The third-order valence-electron chi connectivity index (χ3n) is 1.79. The number of hydrogen-bond donors (Lipinski definition) is 0. The van der Waals surface area contributed by atoms with Crippen LogP contribution in [0.4, 0.5) is 0 Å². The lowest BCUT2D eigenvalue weighted by Crippen LogP contribution is -2.04. The molecule has 11 heavy (non-hydrogen) atoms. The highest BCUT2D eigenvalue weighted by Crippen LogP contribution is 2.13. The summed E-state index contributed by atoms with van der Waals surface area (Å²) in [5.41, 5.74) is 0. The summed E-state index contributed by atoms with van der Waals surface area (Å²) in [6, 6.07) is 0. The predicted molar refractivity (Wildman–Crippen MR) is 48.4 cm³/mol. The number of hydrogen-bond acceptors (Lipinski definition) is 1. The van der Waals surface area contributed by atoms with Crippen LogP contribution in [0.3, 0.4) is 0 Å². The first-order valence-corrected chi connectivity index (χ1v) is 4.00. The van der Waals surface area contributed by atoms with Gasteiger partial charge in [-0.3, -0.25) is 4.79 Å². The minimum atomic E-state index is 0.138. The van der Waals surface area contributed by atoms with Gasteiger partial charge < -0.3 is 0 Å². The van der Waals surface area contributed by atoms with Gasteiger partial charge in [0.15, 0.2) is 5.78 Å². The Hall–Kier alpha value is -0.850. The summed E-state index contributed by atoms with van der Waals surface area (Å²) < 4.78 is 0. The standard InChI is InChI=1S/C10H16O/c1-4-7-9(5-2)8-10(11)6-3/h4,6,9H,1,3,5,7-8H2,2H3. The van der Waals surface area contributed by atoms with Crippen LogP contribution in [0.5, 0.6) is 0 Å². The summed E-state index contributed by atoms with van der Waals surface area (Å²) in [6.07, 6.45) is 5.84. The molecule has 0 saturated heterocycles. The number of ketones is 1. The third kappa shape index (κ3) is 4.54. The quantitative estimate of drug-likeness (QED) is 0.422. The molecule has 0 aliphatic rings. The van der Waals surface area contributed by atoms with Crippen LogP contribution in [0, 0.1) is 5.92 Å². The van der Waals surface area contributed by atoms with E-state index in [-0.39, 0.29) is 5.78 Å². The highest BCUT2D eigenvalue weighted by Gasteiger charge is 2.07. The van der Waals surface area contributed by atoms with E-state index in [0.717, 1.165) is 12.8 Å². The number of carbonyl (C=O) groups is 1. The Balaban J connectivity index is 3.75. The fraction of sp³-hybridized carbons (Fsp3) is 0.500. The molecule has 0 bridgehead atoms. The molecule has 0 aromatic heterocycles. The molecule has 1 heteroatoms. The van der Waals surface area contributed by atoms with Gasteiger partial charge in [0.1, 0.15) is 0 Å². The van der Waals surface area contributed by atoms with Gasteiger partial charge in [-0.1, -0.05) is 26.0 Å². The fourth-order valence-electron chi connectivity index (χ4n) is 0.998. The van der Waals surface area contributed by atoms with Crippen LogP contribution in [0.2, 0.25) is 0 Å². The van der Waals surface area contributed by atoms with Crippen molar-refractivity contribution in [3.05, 3.63) is 25.3 Å². The molecule has 0 aliphatic heterocycles. The molecule has 1 atom stereocenters. The summed E-state index contributed by atoms with van der Waals surface area (Å²) in [6.45, 7) is 9.16. The van der Waals surface area contributed by atoms with Gasteiger partial charge >= 0.3 is 0 Å². The van der Waals surface area contributed by atoms with Gasteiger partial charge in [-0.15, -0.1) is 6.58 Å². The Kier molecular flexibility index (Phi) is 5.44. The Morgan fingerprint density at radius 3 is 2.55 bits per heavy atom. The number of allylic oxidation sites excluding steroid dienone is 2. The number of rotatable bonds is 6. The van der Waals surface area contributed by atoms with E-state index in [2.05, 4.69) is 20.1 Å². The lowest BCUT2D eigenvalue weighted by atomic mass is 9.96. The average molecular weight is 152 g/mol. The van der Waals surface area contributed by atoms with E-state index in [9.17, 15) is 4.79 Å². The van der Waals surface area contributed by atoms with E-state index in [4.69, 9.17) is 0 Å². The van der Waals surface area contributed by atoms with Crippen LogP contribution in [-0.2, 0) is 4.79 Å². The SMILES string of the molecule is C=CCC(CC)CC(=O)C=C. The molecule has 0 radical (unpaired) electrons. The van der Waals surface area contributed by atoms with Crippen LogP contribution in [0.15, 0.2) is 25.3 Å². The second-order valence-electron chi connectivity index (χ2n) is 2.67. The van der Waals surface area contributed by atoms with Crippen LogP contribution < -0.4 is 0 Å². The van der Waals surface area contributed by atoms with E-state index in [0.29, 0.717) is 12.3 Å². The molecular formula is C10H16O.